The van der Waals surface area contributed by atoms with Gasteiger partial charge in [-0.2, -0.15) is 0 Å². The summed E-state index contributed by atoms with van der Waals surface area (Å²) in [6.07, 6.45) is 0.988. The molecule has 6 nitrogen and oxygen atoms in total. The van der Waals surface area contributed by atoms with Crippen molar-refractivity contribution in [3.05, 3.63) is 29.3 Å². The van der Waals surface area contributed by atoms with Crippen molar-refractivity contribution in [2.45, 2.75) is 58.5 Å². The smallest absolute Gasteiger partial charge is 0.340 e. The molecule has 136 valence electrons. The summed E-state index contributed by atoms with van der Waals surface area (Å²) in [4.78, 5) is 36.1. The molecule has 1 heterocycles. The van der Waals surface area contributed by atoms with Gasteiger partial charge in [0, 0.05) is 12.8 Å². The molecule has 0 aliphatic carbocycles. The van der Waals surface area contributed by atoms with Crippen LogP contribution < -0.4 is 5.32 Å². The predicted molar refractivity (Wildman–Crippen MR) is 93.5 cm³/mol. The van der Waals surface area contributed by atoms with E-state index in [2.05, 4.69) is 5.32 Å². The van der Waals surface area contributed by atoms with Gasteiger partial charge in [-0.3, -0.25) is 9.59 Å². The first-order valence-electron chi connectivity index (χ1n) is 8.53. The number of fused-ring (bicyclic) bond motifs is 1. The lowest BCUT2D eigenvalue weighted by atomic mass is 9.85. The summed E-state index contributed by atoms with van der Waals surface area (Å²) in [6, 6.07) is 5.27. The van der Waals surface area contributed by atoms with Gasteiger partial charge < -0.3 is 14.8 Å². The van der Waals surface area contributed by atoms with Crippen LogP contribution in [0.25, 0.3) is 0 Å². The summed E-state index contributed by atoms with van der Waals surface area (Å²) in [6.45, 7) is 7.45. The van der Waals surface area contributed by atoms with Crippen LogP contribution in [-0.2, 0) is 19.1 Å². The van der Waals surface area contributed by atoms with Crippen LogP contribution in [-0.4, -0.2) is 30.1 Å². The molecule has 1 aromatic carbocycles. The zero-order chi connectivity index (χ0) is 18.6. The van der Waals surface area contributed by atoms with Gasteiger partial charge in [-0.25, -0.2) is 4.79 Å². The van der Waals surface area contributed by atoms with Gasteiger partial charge in [-0.15, -0.1) is 0 Å². The number of hydrogen-bond acceptors (Lipinski definition) is 5. The van der Waals surface area contributed by atoms with Crippen molar-refractivity contribution in [1.82, 2.24) is 0 Å². The van der Waals surface area contributed by atoms with Crippen molar-refractivity contribution in [2.24, 2.45) is 0 Å². The zero-order valence-electron chi connectivity index (χ0n) is 15.2. The Morgan fingerprint density at radius 3 is 2.64 bits per heavy atom. The van der Waals surface area contributed by atoms with Gasteiger partial charge in [0.25, 0.3) is 0 Å². The van der Waals surface area contributed by atoms with Gasteiger partial charge in [0.1, 0.15) is 5.60 Å². The molecule has 0 spiro atoms. The highest BCUT2D eigenvalue weighted by Gasteiger charge is 2.29. The van der Waals surface area contributed by atoms with E-state index in [-0.39, 0.29) is 37.2 Å². The van der Waals surface area contributed by atoms with Crippen molar-refractivity contribution in [2.75, 3.05) is 11.9 Å². The molecule has 0 aromatic heterocycles. The third kappa shape index (κ3) is 5.05. The van der Waals surface area contributed by atoms with Gasteiger partial charge in [-0.05, 0) is 51.7 Å². The monoisotopic (exact) mass is 347 g/mol. The molecule has 0 fully saturated rings. The first-order valence-corrected chi connectivity index (χ1v) is 8.53. The number of carbonyl (C=O) groups is 3. The Morgan fingerprint density at radius 1 is 1.28 bits per heavy atom. The summed E-state index contributed by atoms with van der Waals surface area (Å²) in [5.74, 6) is -1.06. The average molecular weight is 347 g/mol. The van der Waals surface area contributed by atoms with Gasteiger partial charge in [0.05, 0.1) is 17.9 Å². The predicted octanol–water partition coefficient (Wildman–Crippen LogP) is 3.41. The van der Waals surface area contributed by atoms with E-state index in [1.165, 1.54) is 0 Å². The molecule has 1 amide bonds. The van der Waals surface area contributed by atoms with Crippen molar-refractivity contribution >= 4 is 23.5 Å². The molecule has 25 heavy (non-hydrogen) atoms. The Kier molecular flexibility index (Phi) is 5.82. The largest absolute Gasteiger partial charge is 0.462 e. The molecular formula is C19H25NO5. The highest BCUT2D eigenvalue weighted by molar-refractivity contribution is 6.04. The molecular weight excluding hydrogens is 322 g/mol. The molecule has 6 heteroatoms. The molecule has 1 aliphatic heterocycles. The number of ether oxygens (including phenoxy) is 2. The van der Waals surface area contributed by atoms with Crippen LogP contribution in [0.2, 0.25) is 0 Å². The third-order valence-electron chi connectivity index (χ3n) is 3.85. The molecule has 0 bridgehead atoms. The van der Waals surface area contributed by atoms with Crippen molar-refractivity contribution in [1.29, 1.82) is 0 Å². The lowest BCUT2D eigenvalue weighted by Crippen LogP contribution is -2.27. The van der Waals surface area contributed by atoms with Crippen molar-refractivity contribution in [3.8, 4) is 0 Å². The van der Waals surface area contributed by atoms with Crippen LogP contribution in [0.1, 0.15) is 68.8 Å². The quantitative estimate of drug-likeness (QED) is 0.826. The topological polar surface area (TPSA) is 81.7 Å². The fourth-order valence-corrected chi connectivity index (χ4v) is 2.90. The van der Waals surface area contributed by atoms with Crippen LogP contribution in [0.3, 0.4) is 0 Å². The summed E-state index contributed by atoms with van der Waals surface area (Å²) in [7, 11) is 0. The normalized spacial score (nSPS) is 16.6. The number of para-hydroxylation sites is 1. The summed E-state index contributed by atoms with van der Waals surface area (Å²) in [5.41, 5.74) is 1.16. The van der Waals surface area contributed by atoms with Gasteiger partial charge in [0.15, 0.2) is 0 Å². The van der Waals surface area contributed by atoms with Crippen LogP contribution in [0.15, 0.2) is 18.2 Å². The van der Waals surface area contributed by atoms with Gasteiger partial charge in [-0.1, -0.05) is 12.1 Å². The number of carbonyl (C=O) groups excluding carboxylic acids is 3. The molecule has 0 saturated heterocycles. The molecule has 1 aliphatic rings. The third-order valence-corrected chi connectivity index (χ3v) is 3.85. The minimum Gasteiger partial charge on any atom is -0.462 e. The number of amides is 1. The SMILES string of the molecule is CCOC(=O)c1cccc2c1NC(=O)CC2CCC(=O)OC(C)(C)C. The molecule has 2 rings (SSSR count). The Labute approximate surface area is 147 Å². The molecule has 1 N–H and O–H groups in total. The van der Waals surface area contributed by atoms with Crippen molar-refractivity contribution in [3.63, 3.8) is 0 Å². The van der Waals surface area contributed by atoms with E-state index in [4.69, 9.17) is 9.47 Å². The Morgan fingerprint density at radius 2 is 2.00 bits per heavy atom. The molecule has 1 aromatic rings. The second-order valence-corrected chi connectivity index (χ2v) is 7.06. The first kappa shape index (κ1) is 19.0. The standard InChI is InChI=1S/C19H25NO5/c1-5-24-18(23)14-8-6-7-13-12(11-15(21)20-17(13)14)9-10-16(22)25-19(2,3)4/h6-8,12H,5,9-11H2,1-4H3,(H,20,21). The minimum atomic E-state index is -0.532. The minimum absolute atomic E-state index is 0.134. The maximum absolute atomic E-state index is 12.1. The fourth-order valence-electron chi connectivity index (χ4n) is 2.90. The van der Waals surface area contributed by atoms with E-state index in [1.807, 2.05) is 26.8 Å². The lowest BCUT2D eigenvalue weighted by molar-refractivity contribution is -0.155. The second-order valence-electron chi connectivity index (χ2n) is 7.06. The highest BCUT2D eigenvalue weighted by Crippen LogP contribution is 2.37. The number of rotatable bonds is 5. The number of anilines is 1. The fraction of sp³-hybridized carbons (Fsp3) is 0.526. The molecule has 1 unspecified atom stereocenters. The summed E-state index contributed by atoms with van der Waals surface area (Å²) in [5, 5.41) is 2.77. The first-order chi connectivity index (χ1) is 11.7. The summed E-state index contributed by atoms with van der Waals surface area (Å²) >= 11 is 0. The van der Waals surface area contributed by atoms with E-state index in [0.717, 1.165) is 5.56 Å². The van der Waals surface area contributed by atoms with Crippen LogP contribution in [0, 0.1) is 0 Å². The lowest BCUT2D eigenvalue weighted by Gasteiger charge is -2.27. The van der Waals surface area contributed by atoms with Gasteiger partial charge in [0.2, 0.25) is 5.91 Å². The Balaban J connectivity index is 2.18. The second kappa shape index (κ2) is 7.68. The van der Waals surface area contributed by atoms with Crippen LogP contribution in [0.4, 0.5) is 5.69 Å². The van der Waals surface area contributed by atoms with E-state index in [1.54, 1.807) is 19.1 Å². The van der Waals surface area contributed by atoms with Crippen molar-refractivity contribution < 1.29 is 23.9 Å². The van der Waals surface area contributed by atoms with E-state index >= 15 is 0 Å². The van der Waals surface area contributed by atoms with Crippen LogP contribution >= 0.6 is 0 Å². The average Bonchev–Trinajstić information content (AvgIpc) is 2.50. The molecule has 0 saturated carbocycles. The van der Waals surface area contributed by atoms with E-state index < -0.39 is 11.6 Å². The Bertz CT molecular complexity index is 675. The van der Waals surface area contributed by atoms with E-state index in [0.29, 0.717) is 17.7 Å². The summed E-state index contributed by atoms with van der Waals surface area (Å²) < 4.78 is 10.4. The number of hydrogen-bond donors (Lipinski definition) is 1. The Hall–Kier alpha value is -2.37. The maximum Gasteiger partial charge on any atom is 0.340 e. The molecule has 0 radical (unpaired) electrons. The molecule has 1 atom stereocenters. The van der Waals surface area contributed by atoms with Crippen LogP contribution in [0.5, 0.6) is 0 Å². The number of esters is 2. The number of nitrogens with one attached hydrogen (secondary N) is 1. The zero-order valence-corrected chi connectivity index (χ0v) is 15.2. The highest BCUT2D eigenvalue weighted by atomic mass is 16.6. The number of benzene rings is 1. The van der Waals surface area contributed by atoms with E-state index in [9.17, 15) is 14.4 Å². The maximum atomic E-state index is 12.1. The van der Waals surface area contributed by atoms with Gasteiger partial charge >= 0.3 is 11.9 Å².